The van der Waals surface area contributed by atoms with E-state index >= 15 is 0 Å². The van der Waals surface area contributed by atoms with Crippen molar-refractivity contribution in [2.75, 3.05) is 14.2 Å². The molecule has 0 saturated heterocycles. The van der Waals surface area contributed by atoms with E-state index in [-0.39, 0.29) is 23.4 Å². The predicted octanol–water partition coefficient (Wildman–Crippen LogP) is 3.57. The summed E-state index contributed by atoms with van der Waals surface area (Å²) in [6.07, 6.45) is 1.82. The lowest BCUT2D eigenvalue weighted by atomic mass is 9.89. The number of rotatable bonds is 6. The van der Waals surface area contributed by atoms with E-state index in [2.05, 4.69) is 22.8 Å². The van der Waals surface area contributed by atoms with Crippen LogP contribution < -0.4 is 20.2 Å². The van der Waals surface area contributed by atoms with Crippen LogP contribution >= 0.6 is 0 Å². The molecule has 1 amide bonds. The molecule has 6 nitrogen and oxygen atoms in total. The zero-order valence-corrected chi connectivity index (χ0v) is 17.3. The van der Waals surface area contributed by atoms with Gasteiger partial charge in [0.15, 0.2) is 0 Å². The molecule has 0 aromatic heterocycles. The normalized spacial score (nSPS) is 21.7. The lowest BCUT2D eigenvalue weighted by molar-refractivity contribution is 0.0927. The van der Waals surface area contributed by atoms with Crippen LogP contribution in [0, 0.1) is 0 Å². The molecule has 4 rings (SSSR count). The number of carbonyl (C=O) groups is 1. The van der Waals surface area contributed by atoms with E-state index in [9.17, 15) is 4.79 Å². The maximum atomic E-state index is 13.1. The maximum absolute atomic E-state index is 13.1. The van der Waals surface area contributed by atoms with E-state index in [1.165, 1.54) is 0 Å². The second-order valence-corrected chi connectivity index (χ2v) is 7.88. The number of amides is 1. The molecule has 1 heterocycles. The standard InChI is InChI=1S/C23H27N3O3/c1-14-21(15(2)26-25-14)16-8-9-19(20(12-16)29-4)22(27)24-23(10-11-23)17-6-5-7-18(13-17)28-3/h5-9,12-14,21,25H,10-11H2,1-4H3,(H,24,27). The van der Waals surface area contributed by atoms with Gasteiger partial charge < -0.3 is 20.2 Å². The van der Waals surface area contributed by atoms with E-state index in [4.69, 9.17) is 9.47 Å². The summed E-state index contributed by atoms with van der Waals surface area (Å²) in [5.74, 6) is 1.42. The van der Waals surface area contributed by atoms with Crippen LogP contribution in [0.4, 0.5) is 0 Å². The number of ether oxygens (including phenoxy) is 2. The zero-order valence-electron chi connectivity index (χ0n) is 17.3. The molecule has 1 aliphatic carbocycles. The first-order valence-electron chi connectivity index (χ1n) is 9.92. The van der Waals surface area contributed by atoms with E-state index < -0.39 is 0 Å². The van der Waals surface area contributed by atoms with Crippen molar-refractivity contribution in [3.05, 3.63) is 59.2 Å². The van der Waals surface area contributed by atoms with Gasteiger partial charge in [-0.15, -0.1) is 0 Å². The van der Waals surface area contributed by atoms with Crippen LogP contribution in [0.25, 0.3) is 0 Å². The monoisotopic (exact) mass is 393 g/mol. The quantitative estimate of drug-likeness (QED) is 0.787. The second kappa shape index (κ2) is 7.43. The smallest absolute Gasteiger partial charge is 0.255 e. The Balaban J connectivity index is 1.58. The lowest BCUT2D eigenvalue weighted by Crippen LogP contribution is -2.35. The summed E-state index contributed by atoms with van der Waals surface area (Å²) in [6.45, 7) is 4.11. The van der Waals surface area contributed by atoms with E-state index in [0.717, 1.165) is 35.4 Å². The van der Waals surface area contributed by atoms with Gasteiger partial charge in [0.25, 0.3) is 5.91 Å². The second-order valence-electron chi connectivity index (χ2n) is 7.88. The maximum Gasteiger partial charge on any atom is 0.255 e. The first-order valence-corrected chi connectivity index (χ1v) is 9.92. The summed E-state index contributed by atoms with van der Waals surface area (Å²) in [5, 5.41) is 7.55. The van der Waals surface area contributed by atoms with Crippen molar-refractivity contribution in [1.82, 2.24) is 10.7 Å². The van der Waals surface area contributed by atoms with Gasteiger partial charge in [0.2, 0.25) is 0 Å². The Kier molecular flexibility index (Phi) is 4.94. The molecule has 29 heavy (non-hydrogen) atoms. The minimum Gasteiger partial charge on any atom is -0.497 e. The van der Waals surface area contributed by atoms with Crippen LogP contribution in [0.1, 0.15) is 54.1 Å². The fourth-order valence-corrected chi connectivity index (χ4v) is 4.14. The lowest BCUT2D eigenvalue weighted by Gasteiger charge is -2.21. The molecule has 6 heteroatoms. The largest absolute Gasteiger partial charge is 0.497 e. The molecule has 0 spiro atoms. The number of benzene rings is 2. The van der Waals surface area contributed by atoms with Gasteiger partial charge in [-0.3, -0.25) is 4.79 Å². The summed E-state index contributed by atoms with van der Waals surface area (Å²) in [7, 11) is 3.25. The van der Waals surface area contributed by atoms with Crippen molar-refractivity contribution >= 4 is 11.6 Å². The van der Waals surface area contributed by atoms with Gasteiger partial charge in [0.05, 0.1) is 31.4 Å². The highest BCUT2D eigenvalue weighted by molar-refractivity contribution is 5.98. The zero-order chi connectivity index (χ0) is 20.6. The number of hydrogen-bond acceptors (Lipinski definition) is 5. The van der Waals surface area contributed by atoms with Crippen molar-refractivity contribution in [3.63, 3.8) is 0 Å². The van der Waals surface area contributed by atoms with Gasteiger partial charge in [0.1, 0.15) is 11.5 Å². The Hall–Kier alpha value is -3.02. The first kappa shape index (κ1) is 19.3. The van der Waals surface area contributed by atoms with Gasteiger partial charge >= 0.3 is 0 Å². The van der Waals surface area contributed by atoms with Crippen molar-refractivity contribution in [1.29, 1.82) is 0 Å². The average molecular weight is 393 g/mol. The molecule has 2 aliphatic rings. The fourth-order valence-electron chi connectivity index (χ4n) is 4.14. The number of methoxy groups -OCH3 is 2. The van der Waals surface area contributed by atoms with Crippen LogP contribution in [0.3, 0.4) is 0 Å². The van der Waals surface area contributed by atoms with Crippen LogP contribution in [0.2, 0.25) is 0 Å². The third kappa shape index (κ3) is 3.55. The van der Waals surface area contributed by atoms with Gasteiger partial charge in [-0.25, -0.2) is 0 Å². The SMILES string of the molecule is COc1cccc(C2(NC(=O)c3ccc(C4C(C)=NNC4C)cc3OC)CC2)c1. The third-order valence-corrected chi connectivity index (χ3v) is 5.95. The van der Waals surface area contributed by atoms with Gasteiger partial charge in [-0.1, -0.05) is 18.2 Å². The number of nitrogens with one attached hydrogen (secondary N) is 2. The van der Waals surface area contributed by atoms with Gasteiger partial charge in [-0.2, -0.15) is 5.10 Å². The minimum atomic E-state index is -0.331. The minimum absolute atomic E-state index is 0.128. The third-order valence-electron chi connectivity index (χ3n) is 5.95. The molecule has 152 valence electrons. The van der Waals surface area contributed by atoms with Gasteiger partial charge in [-0.05, 0) is 62.1 Å². The number of nitrogens with zero attached hydrogens (tertiary/aromatic N) is 1. The number of hydrogen-bond donors (Lipinski definition) is 2. The summed E-state index contributed by atoms with van der Waals surface area (Å²) < 4.78 is 10.9. The number of carbonyl (C=O) groups excluding carboxylic acids is 1. The summed E-state index contributed by atoms with van der Waals surface area (Å²) in [5.41, 5.74) is 6.52. The van der Waals surface area contributed by atoms with Crippen LogP contribution in [0.15, 0.2) is 47.6 Å². The molecular formula is C23H27N3O3. The Labute approximate surface area is 171 Å². The van der Waals surface area contributed by atoms with Crippen LogP contribution in [0.5, 0.6) is 11.5 Å². The molecule has 1 aliphatic heterocycles. The van der Waals surface area contributed by atoms with Crippen molar-refractivity contribution in [2.24, 2.45) is 5.10 Å². The highest BCUT2D eigenvalue weighted by atomic mass is 16.5. The Morgan fingerprint density at radius 1 is 1.17 bits per heavy atom. The predicted molar refractivity (Wildman–Crippen MR) is 113 cm³/mol. The Bertz CT molecular complexity index is 966. The van der Waals surface area contributed by atoms with Crippen LogP contribution in [-0.2, 0) is 5.54 Å². The average Bonchev–Trinajstić information content (AvgIpc) is 3.45. The molecule has 0 radical (unpaired) electrons. The molecule has 2 atom stereocenters. The fraction of sp³-hybridized carbons (Fsp3) is 0.391. The molecule has 2 N–H and O–H groups in total. The van der Waals surface area contributed by atoms with Crippen molar-refractivity contribution in [3.8, 4) is 11.5 Å². The van der Waals surface area contributed by atoms with E-state index in [1.54, 1.807) is 14.2 Å². The van der Waals surface area contributed by atoms with Crippen molar-refractivity contribution < 1.29 is 14.3 Å². The summed E-state index contributed by atoms with van der Waals surface area (Å²) >= 11 is 0. The topological polar surface area (TPSA) is 72.0 Å². The Morgan fingerprint density at radius 3 is 2.59 bits per heavy atom. The first-order chi connectivity index (χ1) is 14.0. The molecule has 0 bridgehead atoms. The van der Waals surface area contributed by atoms with Crippen LogP contribution in [-0.4, -0.2) is 31.9 Å². The van der Waals surface area contributed by atoms with E-state index in [1.807, 2.05) is 49.4 Å². The highest BCUT2D eigenvalue weighted by Gasteiger charge is 2.46. The highest BCUT2D eigenvalue weighted by Crippen LogP contribution is 2.46. The summed E-state index contributed by atoms with van der Waals surface area (Å²) in [4.78, 5) is 13.1. The van der Waals surface area contributed by atoms with Crippen molar-refractivity contribution in [2.45, 2.75) is 44.2 Å². The molecular weight excluding hydrogens is 366 g/mol. The molecule has 2 unspecified atom stereocenters. The molecule has 2 aromatic carbocycles. The molecule has 2 aromatic rings. The molecule has 1 saturated carbocycles. The Morgan fingerprint density at radius 2 is 1.97 bits per heavy atom. The number of hydrazone groups is 1. The van der Waals surface area contributed by atoms with Gasteiger partial charge in [0, 0.05) is 11.6 Å². The molecule has 1 fully saturated rings. The van der Waals surface area contributed by atoms with E-state index in [0.29, 0.717) is 11.3 Å². The summed E-state index contributed by atoms with van der Waals surface area (Å²) in [6, 6.07) is 13.9.